The van der Waals surface area contributed by atoms with E-state index in [1.807, 2.05) is 4.72 Å². The van der Waals surface area contributed by atoms with E-state index in [2.05, 4.69) is 9.47 Å². The molecule has 2 aromatic carbocycles. The van der Waals surface area contributed by atoms with Crippen molar-refractivity contribution in [2.75, 3.05) is 4.72 Å². The van der Waals surface area contributed by atoms with Gasteiger partial charge in [-0.2, -0.15) is 17.6 Å². The highest BCUT2D eigenvalue weighted by molar-refractivity contribution is 7.92. The molecular formula is C15H10F5NO4S. The minimum Gasteiger partial charge on any atom is -0.421 e. The first kappa shape index (κ1) is 18.2. The van der Waals surface area contributed by atoms with Crippen molar-refractivity contribution >= 4 is 15.7 Å². The van der Waals surface area contributed by atoms with Gasteiger partial charge in [-0.25, -0.2) is 12.8 Å². The van der Waals surface area contributed by atoms with E-state index in [0.717, 1.165) is 5.56 Å². The van der Waals surface area contributed by atoms with Crippen molar-refractivity contribution in [1.29, 1.82) is 0 Å². The largest absolute Gasteiger partial charge is 0.507 e. The van der Waals surface area contributed by atoms with E-state index in [9.17, 15) is 30.4 Å². The first-order valence-electron chi connectivity index (χ1n) is 6.98. The number of ether oxygens (including phenoxy) is 2. The van der Waals surface area contributed by atoms with E-state index in [4.69, 9.17) is 0 Å². The lowest BCUT2D eigenvalue weighted by Crippen LogP contribution is -2.52. The Labute approximate surface area is 144 Å². The van der Waals surface area contributed by atoms with Crippen LogP contribution in [0.4, 0.5) is 27.6 Å². The number of hydrogen-bond donors (Lipinski definition) is 1. The lowest BCUT2D eigenvalue weighted by Gasteiger charge is -2.32. The number of sulfonamides is 1. The molecule has 140 valence electrons. The number of benzene rings is 2. The molecule has 2 aromatic rings. The van der Waals surface area contributed by atoms with Crippen LogP contribution in [-0.4, -0.2) is 20.6 Å². The highest BCUT2D eigenvalue weighted by Crippen LogP contribution is 2.48. The van der Waals surface area contributed by atoms with Crippen molar-refractivity contribution < 1.29 is 39.8 Å². The summed E-state index contributed by atoms with van der Waals surface area (Å²) in [5, 5.41) is 0. The zero-order valence-corrected chi connectivity index (χ0v) is 13.7. The Balaban J connectivity index is 1.97. The molecule has 0 saturated heterocycles. The molecular weight excluding hydrogens is 385 g/mol. The van der Waals surface area contributed by atoms with Crippen LogP contribution in [0.2, 0.25) is 0 Å². The topological polar surface area (TPSA) is 64.6 Å². The fraction of sp³-hybridized carbons (Fsp3) is 0.200. The Hall–Kier alpha value is -2.56. The molecule has 0 aliphatic carbocycles. The average Bonchev–Trinajstić information content (AvgIpc) is 2.50. The van der Waals surface area contributed by atoms with Crippen LogP contribution in [0.3, 0.4) is 0 Å². The normalized spacial score (nSPS) is 17.6. The Bertz CT molecular complexity index is 961. The van der Waals surface area contributed by atoms with Gasteiger partial charge in [0.05, 0.1) is 10.6 Å². The van der Waals surface area contributed by atoms with Gasteiger partial charge in [0.2, 0.25) is 0 Å². The number of alkyl halides is 4. The van der Waals surface area contributed by atoms with Gasteiger partial charge in [0, 0.05) is 12.1 Å². The average molecular weight is 395 g/mol. The number of nitrogens with one attached hydrogen (secondary N) is 1. The van der Waals surface area contributed by atoms with Gasteiger partial charge in [-0.1, -0.05) is 17.7 Å². The lowest BCUT2D eigenvalue weighted by atomic mass is 10.2. The first-order valence-corrected chi connectivity index (χ1v) is 8.46. The quantitative estimate of drug-likeness (QED) is 0.801. The summed E-state index contributed by atoms with van der Waals surface area (Å²) in [7, 11) is -4.25. The molecule has 0 saturated carbocycles. The van der Waals surface area contributed by atoms with Gasteiger partial charge in [0.15, 0.2) is 17.3 Å². The summed E-state index contributed by atoms with van der Waals surface area (Å²) in [6.45, 7) is 1.72. The van der Waals surface area contributed by atoms with Crippen molar-refractivity contribution in [1.82, 2.24) is 0 Å². The molecule has 3 rings (SSSR count). The van der Waals surface area contributed by atoms with Crippen molar-refractivity contribution in [3.8, 4) is 11.5 Å². The Morgan fingerprint density at radius 2 is 1.42 bits per heavy atom. The van der Waals surface area contributed by atoms with E-state index < -0.39 is 45.2 Å². The smallest absolute Gasteiger partial charge is 0.421 e. The van der Waals surface area contributed by atoms with E-state index in [1.165, 1.54) is 24.3 Å². The van der Waals surface area contributed by atoms with Crippen LogP contribution in [0.5, 0.6) is 11.5 Å². The van der Waals surface area contributed by atoms with E-state index in [1.54, 1.807) is 6.92 Å². The predicted octanol–water partition coefficient (Wildman–Crippen LogP) is 3.89. The zero-order valence-electron chi connectivity index (χ0n) is 12.9. The second-order valence-electron chi connectivity index (χ2n) is 5.44. The maximum atomic E-state index is 14.0. The van der Waals surface area contributed by atoms with Gasteiger partial charge in [-0.15, -0.1) is 0 Å². The fourth-order valence-electron chi connectivity index (χ4n) is 2.09. The maximum Gasteiger partial charge on any atom is 0.507 e. The van der Waals surface area contributed by atoms with Crippen molar-refractivity contribution in [3.63, 3.8) is 0 Å². The van der Waals surface area contributed by atoms with Crippen LogP contribution < -0.4 is 14.2 Å². The van der Waals surface area contributed by atoms with Crippen molar-refractivity contribution in [2.45, 2.75) is 24.0 Å². The number of halogens is 5. The molecule has 0 radical (unpaired) electrons. The third kappa shape index (κ3) is 3.14. The van der Waals surface area contributed by atoms with Gasteiger partial charge in [-0.3, -0.25) is 4.72 Å². The number of rotatable bonds is 3. The number of fused-ring (bicyclic) bond motifs is 1. The molecule has 0 amide bonds. The Morgan fingerprint density at radius 3 is 1.96 bits per heavy atom. The van der Waals surface area contributed by atoms with Gasteiger partial charge < -0.3 is 9.47 Å². The van der Waals surface area contributed by atoms with Gasteiger partial charge in [-0.05, 0) is 19.1 Å². The summed E-state index contributed by atoms with van der Waals surface area (Å²) in [5.74, 6) is -3.25. The molecule has 0 bridgehead atoms. The van der Waals surface area contributed by atoms with Crippen molar-refractivity contribution in [2.24, 2.45) is 0 Å². The van der Waals surface area contributed by atoms with E-state index in [-0.39, 0.29) is 4.90 Å². The lowest BCUT2D eigenvalue weighted by molar-refractivity contribution is -0.391. The van der Waals surface area contributed by atoms with Crippen LogP contribution in [0.15, 0.2) is 41.3 Å². The van der Waals surface area contributed by atoms with Crippen LogP contribution in [0, 0.1) is 12.7 Å². The molecule has 1 N–H and O–H groups in total. The summed E-state index contributed by atoms with van der Waals surface area (Å²) >= 11 is 0. The molecule has 1 aliphatic rings. The second-order valence-corrected chi connectivity index (χ2v) is 7.12. The standard InChI is InChI=1S/C15H10F5NO4S/c1-8-2-4-9(5-3-8)26(22,23)21-11-7-13-12(6-10(11)16)24-14(17,18)15(19,20)25-13/h2-7,21H,1H3. The predicted molar refractivity (Wildman–Crippen MR) is 79.5 cm³/mol. The summed E-state index contributed by atoms with van der Waals surface area (Å²) in [4.78, 5) is -0.214. The van der Waals surface area contributed by atoms with Crippen LogP contribution in [-0.2, 0) is 10.0 Å². The third-order valence-corrected chi connectivity index (χ3v) is 4.81. The molecule has 11 heteroatoms. The molecule has 0 fully saturated rings. The first-order chi connectivity index (χ1) is 11.9. The highest BCUT2D eigenvalue weighted by Gasteiger charge is 2.66. The molecule has 0 spiro atoms. The Morgan fingerprint density at radius 1 is 0.923 bits per heavy atom. The summed E-state index contributed by atoms with van der Waals surface area (Å²) in [6, 6.07) is 6.32. The third-order valence-electron chi connectivity index (χ3n) is 3.42. The zero-order chi connectivity index (χ0) is 19.3. The minimum atomic E-state index is -5.01. The molecule has 0 aromatic heterocycles. The molecule has 0 atom stereocenters. The number of hydrogen-bond acceptors (Lipinski definition) is 4. The molecule has 1 aliphatic heterocycles. The van der Waals surface area contributed by atoms with E-state index >= 15 is 0 Å². The Kier molecular flexibility index (Phi) is 4.02. The van der Waals surface area contributed by atoms with E-state index in [0.29, 0.717) is 12.1 Å². The van der Waals surface area contributed by atoms with Crippen LogP contribution in [0.25, 0.3) is 0 Å². The maximum absolute atomic E-state index is 14.0. The van der Waals surface area contributed by atoms with Gasteiger partial charge in [0.25, 0.3) is 10.0 Å². The highest BCUT2D eigenvalue weighted by atomic mass is 32.2. The molecule has 1 heterocycles. The SMILES string of the molecule is Cc1ccc(S(=O)(=O)Nc2cc3c(cc2F)OC(F)(F)C(F)(F)O3)cc1. The summed E-state index contributed by atoms with van der Waals surface area (Å²) in [5.41, 5.74) is 0.00608. The van der Waals surface area contributed by atoms with Gasteiger partial charge in [0.1, 0.15) is 0 Å². The summed E-state index contributed by atoms with van der Waals surface area (Å²) in [6.07, 6.45) is -10.0. The molecule has 0 unspecified atom stereocenters. The summed E-state index contributed by atoms with van der Waals surface area (Å²) < 4.78 is 101. The minimum absolute atomic E-state index is 0.214. The fourth-order valence-corrected chi connectivity index (χ4v) is 3.15. The number of aryl methyl sites for hydroxylation is 1. The molecule has 26 heavy (non-hydrogen) atoms. The molecule has 5 nitrogen and oxygen atoms in total. The monoisotopic (exact) mass is 395 g/mol. The van der Waals surface area contributed by atoms with Crippen LogP contribution >= 0.6 is 0 Å². The van der Waals surface area contributed by atoms with Crippen molar-refractivity contribution in [3.05, 3.63) is 47.8 Å². The van der Waals surface area contributed by atoms with Gasteiger partial charge >= 0.3 is 12.2 Å². The second kappa shape index (κ2) is 5.73. The number of anilines is 1. The van der Waals surface area contributed by atoms with Crippen LogP contribution in [0.1, 0.15) is 5.56 Å².